The summed E-state index contributed by atoms with van der Waals surface area (Å²) in [5, 5.41) is 3.41. The van der Waals surface area contributed by atoms with Crippen molar-refractivity contribution in [2.75, 3.05) is 24.7 Å². The second-order valence-corrected chi connectivity index (χ2v) is 4.62. The highest BCUT2D eigenvalue weighted by Gasteiger charge is 2.36. The number of anilines is 2. The van der Waals surface area contributed by atoms with E-state index in [9.17, 15) is 0 Å². The van der Waals surface area contributed by atoms with Gasteiger partial charge in [-0.1, -0.05) is 6.92 Å². The first-order valence-corrected chi connectivity index (χ1v) is 5.30. The second kappa shape index (κ2) is 3.65. The molecule has 1 aliphatic carbocycles. The first kappa shape index (κ1) is 10.1. The van der Waals surface area contributed by atoms with Crippen LogP contribution in [-0.4, -0.2) is 13.7 Å². The van der Waals surface area contributed by atoms with E-state index in [1.807, 2.05) is 18.2 Å². The van der Waals surface area contributed by atoms with Gasteiger partial charge in [0.25, 0.3) is 0 Å². The summed E-state index contributed by atoms with van der Waals surface area (Å²) < 4.78 is 5.17. The monoisotopic (exact) mass is 206 g/mol. The van der Waals surface area contributed by atoms with Crippen LogP contribution in [0.3, 0.4) is 0 Å². The SMILES string of the molecule is COc1cc(NCC2(C)CC2)ccc1N. The van der Waals surface area contributed by atoms with Gasteiger partial charge in [-0.2, -0.15) is 0 Å². The molecule has 0 aliphatic heterocycles. The average Bonchev–Trinajstić information content (AvgIpc) is 2.96. The van der Waals surface area contributed by atoms with E-state index in [4.69, 9.17) is 10.5 Å². The summed E-state index contributed by atoms with van der Waals surface area (Å²) in [5.41, 5.74) is 8.01. The predicted molar refractivity (Wildman–Crippen MR) is 63.2 cm³/mol. The first-order chi connectivity index (χ1) is 7.13. The fourth-order valence-electron chi connectivity index (χ4n) is 1.53. The molecular weight excluding hydrogens is 188 g/mol. The number of hydrogen-bond donors (Lipinski definition) is 2. The van der Waals surface area contributed by atoms with Crippen molar-refractivity contribution in [1.82, 2.24) is 0 Å². The molecule has 1 aromatic carbocycles. The van der Waals surface area contributed by atoms with Crippen LogP contribution >= 0.6 is 0 Å². The van der Waals surface area contributed by atoms with Crippen LogP contribution in [0.15, 0.2) is 18.2 Å². The summed E-state index contributed by atoms with van der Waals surface area (Å²) >= 11 is 0. The van der Waals surface area contributed by atoms with Gasteiger partial charge in [0.05, 0.1) is 12.8 Å². The number of benzene rings is 1. The molecule has 0 heterocycles. The number of nitrogens with one attached hydrogen (secondary N) is 1. The van der Waals surface area contributed by atoms with Crippen LogP contribution in [0.2, 0.25) is 0 Å². The van der Waals surface area contributed by atoms with E-state index in [1.165, 1.54) is 12.8 Å². The van der Waals surface area contributed by atoms with Gasteiger partial charge in [-0.3, -0.25) is 0 Å². The largest absolute Gasteiger partial charge is 0.495 e. The molecular formula is C12H18N2O. The highest BCUT2D eigenvalue weighted by molar-refractivity contribution is 5.61. The summed E-state index contributed by atoms with van der Waals surface area (Å²) in [6.07, 6.45) is 2.65. The zero-order valence-electron chi connectivity index (χ0n) is 9.34. The standard InChI is InChI=1S/C12H18N2O/c1-12(5-6-12)8-14-9-3-4-10(13)11(7-9)15-2/h3-4,7,14H,5-6,8,13H2,1-2H3. The Hall–Kier alpha value is -1.38. The van der Waals surface area contributed by atoms with Gasteiger partial charge in [0.1, 0.15) is 5.75 Å². The lowest BCUT2D eigenvalue weighted by Gasteiger charge is -2.13. The van der Waals surface area contributed by atoms with E-state index >= 15 is 0 Å². The number of ether oxygens (including phenoxy) is 1. The lowest BCUT2D eigenvalue weighted by atomic mass is 10.1. The molecule has 82 valence electrons. The second-order valence-electron chi connectivity index (χ2n) is 4.62. The molecule has 0 saturated heterocycles. The number of rotatable bonds is 4. The van der Waals surface area contributed by atoms with Crippen molar-refractivity contribution in [3.05, 3.63) is 18.2 Å². The highest BCUT2D eigenvalue weighted by atomic mass is 16.5. The zero-order chi connectivity index (χ0) is 10.9. The van der Waals surface area contributed by atoms with Crippen molar-refractivity contribution in [2.24, 2.45) is 5.41 Å². The molecule has 0 spiro atoms. The van der Waals surface area contributed by atoms with Crippen LogP contribution in [0.25, 0.3) is 0 Å². The summed E-state index contributed by atoms with van der Waals surface area (Å²) in [5.74, 6) is 0.737. The summed E-state index contributed by atoms with van der Waals surface area (Å²) in [6.45, 7) is 3.33. The van der Waals surface area contributed by atoms with Crippen LogP contribution in [0, 0.1) is 5.41 Å². The quantitative estimate of drug-likeness (QED) is 0.744. The Labute approximate surface area is 90.6 Å². The Balaban J connectivity index is 2.01. The van der Waals surface area contributed by atoms with Gasteiger partial charge in [0, 0.05) is 18.3 Å². The van der Waals surface area contributed by atoms with Crippen LogP contribution < -0.4 is 15.8 Å². The van der Waals surface area contributed by atoms with Crippen molar-refractivity contribution in [3.8, 4) is 5.75 Å². The Morgan fingerprint density at radius 3 is 2.80 bits per heavy atom. The molecule has 15 heavy (non-hydrogen) atoms. The Bertz CT molecular complexity index is 359. The number of methoxy groups -OCH3 is 1. The van der Waals surface area contributed by atoms with Gasteiger partial charge in [0.15, 0.2) is 0 Å². The van der Waals surface area contributed by atoms with Crippen molar-refractivity contribution in [1.29, 1.82) is 0 Å². The van der Waals surface area contributed by atoms with Gasteiger partial charge < -0.3 is 15.8 Å². The van der Waals surface area contributed by atoms with E-state index in [0.717, 1.165) is 18.0 Å². The van der Waals surface area contributed by atoms with E-state index in [0.29, 0.717) is 11.1 Å². The van der Waals surface area contributed by atoms with E-state index < -0.39 is 0 Å². The molecule has 0 amide bonds. The minimum Gasteiger partial charge on any atom is -0.495 e. The van der Waals surface area contributed by atoms with Crippen molar-refractivity contribution in [3.63, 3.8) is 0 Å². The van der Waals surface area contributed by atoms with Crippen LogP contribution in [0.1, 0.15) is 19.8 Å². The maximum atomic E-state index is 5.74. The molecule has 3 nitrogen and oxygen atoms in total. The normalized spacial score (nSPS) is 17.2. The van der Waals surface area contributed by atoms with Crippen molar-refractivity contribution < 1.29 is 4.74 Å². The lowest BCUT2D eigenvalue weighted by molar-refractivity contribution is 0.417. The molecule has 1 fully saturated rings. The fourth-order valence-corrected chi connectivity index (χ4v) is 1.53. The van der Waals surface area contributed by atoms with Gasteiger partial charge in [0.2, 0.25) is 0 Å². The third-order valence-electron chi connectivity index (χ3n) is 3.06. The minimum atomic E-state index is 0.509. The van der Waals surface area contributed by atoms with E-state index in [2.05, 4.69) is 12.2 Å². The first-order valence-electron chi connectivity index (χ1n) is 5.30. The van der Waals surface area contributed by atoms with Crippen molar-refractivity contribution >= 4 is 11.4 Å². The molecule has 0 bridgehead atoms. The maximum Gasteiger partial charge on any atom is 0.143 e. The summed E-state index contributed by atoms with van der Waals surface area (Å²) in [4.78, 5) is 0. The van der Waals surface area contributed by atoms with Gasteiger partial charge in [-0.15, -0.1) is 0 Å². The van der Waals surface area contributed by atoms with E-state index in [-0.39, 0.29) is 0 Å². The molecule has 3 N–H and O–H groups in total. The Kier molecular flexibility index (Phi) is 2.47. The molecule has 3 heteroatoms. The summed E-state index contributed by atoms with van der Waals surface area (Å²) in [7, 11) is 1.64. The molecule has 1 aromatic rings. The molecule has 2 rings (SSSR count). The number of nitrogens with two attached hydrogens (primary N) is 1. The third kappa shape index (κ3) is 2.35. The van der Waals surface area contributed by atoms with Gasteiger partial charge >= 0.3 is 0 Å². The van der Waals surface area contributed by atoms with Crippen LogP contribution in [0.5, 0.6) is 5.75 Å². The van der Waals surface area contributed by atoms with Crippen LogP contribution in [-0.2, 0) is 0 Å². The molecule has 0 radical (unpaired) electrons. The predicted octanol–water partition coefficient (Wildman–Crippen LogP) is 2.49. The number of nitrogen functional groups attached to an aromatic ring is 1. The maximum absolute atomic E-state index is 5.74. The zero-order valence-corrected chi connectivity index (χ0v) is 9.34. The third-order valence-corrected chi connectivity index (χ3v) is 3.06. The minimum absolute atomic E-state index is 0.509. The smallest absolute Gasteiger partial charge is 0.143 e. The Morgan fingerprint density at radius 1 is 1.47 bits per heavy atom. The molecule has 1 aliphatic rings. The molecule has 0 atom stereocenters. The fraction of sp³-hybridized carbons (Fsp3) is 0.500. The molecule has 0 aromatic heterocycles. The van der Waals surface area contributed by atoms with Gasteiger partial charge in [-0.05, 0) is 30.4 Å². The van der Waals surface area contributed by atoms with E-state index in [1.54, 1.807) is 7.11 Å². The Morgan fingerprint density at radius 2 is 2.20 bits per heavy atom. The number of hydrogen-bond acceptors (Lipinski definition) is 3. The highest BCUT2D eigenvalue weighted by Crippen LogP contribution is 2.44. The summed E-state index contributed by atoms with van der Waals surface area (Å²) in [6, 6.07) is 5.81. The molecule has 0 unspecified atom stereocenters. The molecule has 1 saturated carbocycles. The topological polar surface area (TPSA) is 47.3 Å². The lowest BCUT2D eigenvalue weighted by Crippen LogP contribution is -2.11. The van der Waals surface area contributed by atoms with Crippen LogP contribution in [0.4, 0.5) is 11.4 Å². The van der Waals surface area contributed by atoms with Gasteiger partial charge in [-0.25, -0.2) is 0 Å². The van der Waals surface area contributed by atoms with Crippen molar-refractivity contribution in [2.45, 2.75) is 19.8 Å². The average molecular weight is 206 g/mol.